The molecule has 1 aromatic carbocycles. The number of likely N-dealkylation sites (N-methyl/N-ethyl adjacent to an activating group) is 1. The number of aromatic nitrogens is 2. The zero-order chi connectivity index (χ0) is 22.3. The van der Waals surface area contributed by atoms with Crippen LogP contribution in [0, 0.1) is 24.2 Å². The number of rotatable bonds is 9. The van der Waals surface area contributed by atoms with Crippen molar-refractivity contribution >= 4 is 23.6 Å². The first-order chi connectivity index (χ1) is 14.2. The standard InChI is InChI=1S/C23H30ClN5O/c1-17(2)15-29-23(24)21(18(3)26-29)10-11-22(30)28(13-12-27(4)5)16-20-8-6-19(14-25)7-9-20/h6-11,17H,12-13,15-16H2,1-5H3/b11-10+. The minimum absolute atomic E-state index is 0.0896. The van der Waals surface area contributed by atoms with Gasteiger partial charge in [-0.3, -0.25) is 9.48 Å². The number of halogens is 1. The fourth-order valence-electron chi connectivity index (χ4n) is 2.98. The first kappa shape index (κ1) is 23.7. The van der Waals surface area contributed by atoms with Gasteiger partial charge in [0.05, 0.1) is 17.3 Å². The number of hydrogen-bond acceptors (Lipinski definition) is 4. The van der Waals surface area contributed by atoms with Crippen LogP contribution in [-0.4, -0.2) is 52.7 Å². The highest BCUT2D eigenvalue weighted by molar-refractivity contribution is 6.31. The number of carbonyl (C=O) groups is 1. The Hall–Kier alpha value is -2.62. The molecule has 6 nitrogen and oxygen atoms in total. The number of nitrogens with zero attached hydrogens (tertiary/aromatic N) is 5. The van der Waals surface area contributed by atoms with E-state index in [4.69, 9.17) is 16.9 Å². The van der Waals surface area contributed by atoms with Gasteiger partial charge in [-0.2, -0.15) is 10.4 Å². The summed E-state index contributed by atoms with van der Waals surface area (Å²) in [7, 11) is 3.96. The Balaban J connectivity index is 2.19. The van der Waals surface area contributed by atoms with Gasteiger partial charge in [-0.1, -0.05) is 37.6 Å². The summed E-state index contributed by atoms with van der Waals surface area (Å²) in [6, 6.07) is 9.42. The molecule has 0 aliphatic heterocycles. The van der Waals surface area contributed by atoms with E-state index >= 15 is 0 Å². The van der Waals surface area contributed by atoms with E-state index in [9.17, 15) is 4.79 Å². The van der Waals surface area contributed by atoms with E-state index < -0.39 is 0 Å². The normalized spacial score (nSPS) is 11.4. The monoisotopic (exact) mass is 427 g/mol. The Morgan fingerprint density at radius 3 is 2.50 bits per heavy atom. The SMILES string of the molecule is Cc1nn(CC(C)C)c(Cl)c1/C=C/C(=O)N(CCN(C)C)Cc1ccc(C#N)cc1. The van der Waals surface area contributed by atoms with Crippen LogP contribution < -0.4 is 0 Å². The van der Waals surface area contributed by atoms with E-state index in [1.807, 2.05) is 38.1 Å². The van der Waals surface area contributed by atoms with Gasteiger partial charge in [0.15, 0.2) is 0 Å². The van der Waals surface area contributed by atoms with Crippen LogP contribution in [0.1, 0.15) is 36.2 Å². The first-order valence-electron chi connectivity index (χ1n) is 10.0. The molecular formula is C23H30ClN5O. The summed E-state index contributed by atoms with van der Waals surface area (Å²) in [6.45, 7) is 8.67. The zero-order valence-electron chi connectivity index (χ0n) is 18.4. The van der Waals surface area contributed by atoms with Crippen molar-refractivity contribution in [3.05, 3.63) is 57.9 Å². The molecule has 0 saturated heterocycles. The highest BCUT2D eigenvalue weighted by Crippen LogP contribution is 2.22. The second-order valence-electron chi connectivity index (χ2n) is 8.07. The molecule has 0 radical (unpaired) electrons. The Kier molecular flexibility index (Phi) is 8.64. The summed E-state index contributed by atoms with van der Waals surface area (Å²) in [5, 5.41) is 14.0. The van der Waals surface area contributed by atoms with Crippen LogP contribution in [0.25, 0.3) is 6.08 Å². The third-order valence-electron chi connectivity index (χ3n) is 4.63. The van der Waals surface area contributed by atoms with Crippen LogP contribution >= 0.6 is 11.6 Å². The first-order valence-corrected chi connectivity index (χ1v) is 10.4. The van der Waals surface area contributed by atoms with E-state index in [0.717, 1.165) is 29.9 Å². The summed E-state index contributed by atoms with van der Waals surface area (Å²) in [5.74, 6) is 0.336. The number of carbonyl (C=O) groups excluding carboxylic acids is 1. The quantitative estimate of drug-likeness (QED) is 0.568. The van der Waals surface area contributed by atoms with Crippen molar-refractivity contribution in [3.8, 4) is 6.07 Å². The van der Waals surface area contributed by atoms with Crippen LogP contribution in [0.2, 0.25) is 5.15 Å². The van der Waals surface area contributed by atoms with E-state index in [-0.39, 0.29) is 5.91 Å². The lowest BCUT2D eigenvalue weighted by Crippen LogP contribution is -2.35. The van der Waals surface area contributed by atoms with Crippen LogP contribution in [0.5, 0.6) is 0 Å². The third kappa shape index (κ3) is 6.72. The number of nitriles is 1. The lowest BCUT2D eigenvalue weighted by molar-refractivity contribution is -0.126. The highest BCUT2D eigenvalue weighted by atomic mass is 35.5. The van der Waals surface area contributed by atoms with Crippen LogP contribution in [-0.2, 0) is 17.9 Å². The van der Waals surface area contributed by atoms with Crippen molar-refractivity contribution in [3.63, 3.8) is 0 Å². The second kappa shape index (κ2) is 11.0. The Labute approximate surface area is 184 Å². The number of amides is 1. The van der Waals surface area contributed by atoms with Gasteiger partial charge in [0.1, 0.15) is 5.15 Å². The fourth-order valence-corrected chi connectivity index (χ4v) is 3.28. The van der Waals surface area contributed by atoms with Gasteiger partial charge >= 0.3 is 0 Å². The Morgan fingerprint density at radius 2 is 1.93 bits per heavy atom. The molecule has 7 heteroatoms. The molecule has 0 atom stereocenters. The maximum absolute atomic E-state index is 13.0. The van der Waals surface area contributed by atoms with Gasteiger partial charge < -0.3 is 9.80 Å². The predicted molar refractivity (Wildman–Crippen MR) is 121 cm³/mol. The summed E-state index contributed by atoms with van der Waals surface area (Å²) in [4.78, 5) is 16.8. The van der Waals surface area contributed by atoms with Gasteiger partial charge in [0, 0.05) is 37.8 Å². The second-order valence-corrected chi connectivity index (χ2v) is 8.43. The summed E-state index contributed by atoms with van der Waals surface area (Å²) >= 11 is 6.49. The zero-order valence-corrected chi connectivity index (χ0v) is 19.1. The lowest BCUT2D eigenvalue weighted by atomic mass is 10.1. The van der Waals surface area contributed by atoms with Crippen LogP contribution in [0.15, 0.2) is 30.3 Å². The molecule has 0 N–H and O–H groups in total. The smallest absolute Gasteiger partial charge is 0.246 e. The molecule has 0 unspecified atom stereocenters. The summed E-state index contributed by atoms with van der Waals surface area (Å²) in [6.07, 6.45) is 3.32. The molecule has 2 rings (SSSR count). The van der Waals surface area contributed by atoms with E-state index in [2.05, 4.69) is 25.0 Å². The van der Waals surface area contributed by atoms with Crippen molar-refractivity contribution in [1.29, 1.82) is 5.26 Å². The maximum atomic E-state index is 13.0. The highest BCUT2D eigenvalue weighted by Gasteiger charge is 2.15. The van der Waals surface area contributed by atoms with Crippen molar-refractivity contribution < 1.29 is 4.79 Å². The minimum Gasteiger partial charge on any atom is -0.334 e. The maximum Gasteiger partial charge on any atom is 0.246 e. The number of benzene rings is 1. The predicted octanol–water partition coefficient (Wildman–Crippen LogP) is 3.98. The van der Waals surface area contributed by atoms with Crippen molar-refractivity contribution in [1.82, 2.24) is 19.6 Å². The number of aryl methyl sites for hydroxylation is 1. The molecule has 1 amide bonds. The molecule has 160 valence electrons. The summed E-state index contributed by atoms with van der Waals surface area (Å²) in [5.41, 5.74) is 3.16. The average molecular weight is 428 g/mol. The lowest BCUT2D eigenvalue weighted by Gasteiger charge is -2.23. The molecule has 1 heterocycles. The van der Waals surface area contributed by atoms with Crippen molar-refractivity contribution in [2.24, 2.45) is 5.92 Å². The molecule has 0 fully saturated rings. The Morgan fingerprint density at radius 1 is 1.27 bits per heavy atom. The molecule has 0 aliphatic rings. The largest absolute Gasteiger partial charge is 0.334 e. The molecule has 2 aromatic rings. The topological polar surface area (TPSA) is 65.2 Å². The summed E-state index contributed by atoms with van der Waals surface area (Å²) < 4.78 is 1.78. The Bertz CT molecular complexity index is 922. The average Bonchev–Trinajstić information content (AvgIpc) is 2.95. The van der Waals surface area contributed by atoms with Gasteiger partial charge in [-0.15, -0.1) is 0 Å². The van der Waals surface area contributed by atoms with E-state index in [1.165, 1.54) is 0 Å². The van der Waals surface area contributed by atoms with Gasteiger partial charge in [0.25, 0.3) is 0 Å². The van der Waals surface area contributed by atoms with E-state index in [1.54, 1.807) is 33.9 Å². The molecule has 30 heavy (non-hydrogen) atoms. The van der Waals surface area contributed by atoms with Crippen LogP contribution in [0.4, 0.5) is 0 Å². The minimum atomic E-state index is -0.0896. The van der Waals surface area contributed by atoms with Gasteiger partial charge in [-0.05, 0) is 50.7 Å². The molecule has 0 aliphatic carbocycles. The van der Waals surface area contributed by atoms with Crippen molar-refractivity contribution in [2.75, 3.05) is 27.2 Å². The number of hydrogen-bond donors (Lipinski definition) is 0. The van der Waals surface area contributed by atoms with Crippen LogP contribution in [0.3, 0.4) is 0 Å². The fraction of sp³-hybridized carbons (Fsp3) is 0.435. The van der Waals surface area contributed by atoms with Crippen molar-refractivity contribution in [2.45, 2.75) is 33.9 Å². The molecule has 0 bridgehead atoms. The molecule has 1 aromatic heterocycles. The van der Waals surface area contributed by atoms with Gasteiger partial charge in [0.2, 0.25) is 5.91 Å². The molecule has 0 spiro atoms. The van der Waals surface area contributed by atoms with Gasteiger partial charge in [-0.25, -0.2) is 0 Å². The third-order valence-corrected chi connectivity index (χ3v) is 5.02. The molecule has 0 saturated carbocycles. The molecular weight excluding hydrogens is 398 g/mol. The van der Waals surface area contributed by atoms with E-state index in [0.29, 0.717) is 29.7 Å².